The van der Waals surface area contributed by atoms with E-state index >= 15 is 0 Å². The number of carbonyl (C=O) groups is 1. The number of hydroxylamine groups is 1. The lowest BCUT2D eigenvalue weighted by molar-refractivity contribution is -0.132. The van der Waals surface area contributed by atoms with Gasteiger partial charge in [0, 0.05) is 18.7 Å². The quantitative estimate of drug-likeness (QED) is 0.457. The molecular formula is C20H26N6O3. The molecule has 1 amide bonds. The average molecular weight is 398 g/mol. The molecule has 3 heterocycles. The van der Waals surface area contributed by atoms with Crippen LogP contribution in [0.5, 0.6) is 5.75 Å². The van der Waals surface area contributed by atoms with E-state index in [1.807, 2.05) is 29.2 Å². The van der Waals surface area contributed by atoms with Crippen LogP contribution in [-0.4, -0.2) is 51.2 Å². The second-order valence-corrected chi connectivity index (χ2v) is 6.82. The number of rotatable bonds is 4. The minimum absolute atomic E-state index is 0.289. The van der Waals surface area contributed by atoms with Crippen LogP contribution in [0.2, 0.25) is 0 Å². The number of nitrogens with zero attached hydrogens (tertiary/aromatic N) is 4. The number of ether oxygens (including phenoxy) is 1. The van der Waals surface area contributed by atoms with Gasteiger partial charge in [0.25, 0.3) is 0 Å². The van der Waals surface area contributed by atoms with Crippen LogP contribution in [0.4, 0.5) is 5.95 Å². The molecule has 2 aromatic heterocycles. The van der Waals surface area contributed by atoms with Crippen LogP contribution in [0.1, 0.15) is 26.7 Å². The van der Waals surface area contributed by atoms with E-state index in [9.17, 15) is 4.79 Å². The van der Waals surface area contributed by atoms with Crippen molar-refractivity contribution in [1.82, 2.24) is 25.4 Å². The summed E-state index contributed by atoms with van der Waals surface area (Å²) in [6.07, 6.45) is 3.47. The Kier molecular flexibility index (Phi) is 6.61. The normalized spacial score (nSPS) is 15.7. The van der Waals surface area contributed by atoms with Gasteiger partial charge in [0.1, 0.15) is 17.0 Å². The number of anilines is 1. The predicted octanol–water partition coefficient (Wildman–Crippen LogP) is 2.78. The number of aromatic nitrogens is 4. The molecule has 9 nitrogen and oxygen atoms in total. The van der Waals surface area contributed by atoms with E-state index in [-0.39, 0.29) is 11.8 Å². The molecular weight excluding hydrogens is 372 g/mol. The highest BCUT2D eigenvalue weighted by Gasteiger charge is 2.30. The van der Waals surface area contributed by atoms with Gasteiger partial charge in [-0.2, -0.15) is 4.98 Å². The highest BCUT2D eigenvalue weighted by molar-refractivity contribution is 5.88. The molecule has 0 spiro atoms. The summed E-state index contributed by atoms with van der Waals surface area (Å²) in [4.78, 5) is 30.2. The van der Waals surface area contributed by atoms with Crippen molar-refractivity contribution in [3.63, 3.8) is 0 Å². The standard InChI is InChI=1S/C17H18N6O3.C3H8/c1-26-12-4-2-10(3-5-12)13-14-15(19-9-18-14)21-17(20-13)23-7-6-11(8-23)16(24)22-25;1-3-2/h2-5,9,11,25H,6-8H2,1H3,(H,22,24)(H,18,19,20,21);3H2,1-2H3. The molecule has 1 fully saturated rings. The van der Waals surface area contributed by atoms with Gasteiger partial charge in [0.15, 0.2) is 5.65 Å². The Morgan fingerprint density at radius 2 is 2.03 bits per heavy atom. The Hall–Kier alpha value is -3.20. The molecule has 9 heteroatoms. The summed E-state index contributed by atoms with van der Waals surface area (Å²) in [5, 5.41) is 8.83. The minimum Gasteiger partial charge on any atom is -0.497 e. The fourth-order valence-corrected chi connectivity index (χ4v) is 3.17. The lowest BCUT2D eigenvalue weighted by atomic mass is 10.1. The molecule has 0 bridgehead atoms. The van der Waals surface area contributed by atoms with Gasteiger partial charge in [0.05, 0.1) is 19.4 Å². The molecule has 1 atom stereocenters. The summed E-state index contributed by atoms with van der Waals surface area (Å²) in [5.74, 6) is 0.608. The predicted molar refractivity (Wildman–Crippen MR) is 110 cm³/mol. The lowest BCUT2D eigenvalue weighted by Crippen LogP contribution is -2.31. The summed E-state index contributed by atoms with van der Waals surface area (Å²) in [7, 11) is 1.62. The van der Waals surface area contributed by atoms with Crippen molar-refractivity contribution in [3.05, 3.63) is 30.6 Å². The smallest absolute Gasteiger partial charge is 0.248 e. The number of fused-ring (bicyclic) bond motifs is 1. The maximum atomic E-state index is 11.7. The third-order valence-corrected chi connectivity index (χ3v) is 4.59. The minimum atomic E-state index is -0.385. The van der Waals surface area contributed by atoms with Crippen molar-refractivity contribution in [2.45, 2.75) is 26.7 Å². The number of hydrogen-bond acceptors (Lipinski definition) is 7. The molecule has 3 N–H and O–H groups in total. The number of methoxy groups -OCH3 is 1. The van der Waals surface area contributed by atoms with E-state index in [0.29, 0.717) is 31.1 Å². The van der Waals surface area contributed by atoms with E-state index in [1.165, 1.54) is 6.42 Å². The fourth-order valence-electron chi connectivity index (χ4n) is 3.17. The van der Waals surface area contributed by atoms with Gasteiger partial charge in [-0.25, -0.2) is 15.4 Å². The molecule has 1 unspecified atom stereocenters. The Labute approximate surface area is 169 Å². The van der Waals surface area contributed by atoms with Gasteiger partial charge < -0.3 is 14.6 Å². The van der Waals surface area contributed by atoms with Crippen molar-refractivity contribution in [2.24, 2.45) is 5.92 Å². The third-order valence-electron chi connectivity index (χ3n) is 4.59. The van der Waals surface area contributed by atoms with Crippen LogP contribution in [0.15, 0.2) is 30.6 Å². The maximum absolute atomic E-state index is 11.7. The largest absolute Gasteiger partial charge is 0.497 e. The summed E-state index contributed by atoms with van der Waals surface area (Å²) < 4.78 is 5.21. The Balaban J connectivity index is 0.000000755. The number of amides is 1. The topological polar surface area (TPSA) is 116 Å². The number of benzene rings is 1. The van der Waals surface area contributed by atoms with Crippen molar-refractivity contribution < 1.29 is 14.7 Å². The summed E-state index contributed by atoms with van der Waals surface area (Å²) in [6, 6.07) is 7.60. The average Bonchev–Trinajstić information content (AvgIpc) is 3.42. The molecule has 29 heavy (non-hydrogen) atoms. The van der Waals surface area contributed by atoms with E-state index in [1.54, 1.807) is 18.9 Å². The number of imidazole rings is 1. The van der Waals surface area contributed by atoms with Gasteiger partial charge in [-0.3, -0.25) is 10.0 Å². The zero-order valence-corrected chi connectivity index (χ0v) is 16.8. The monoisotopic (exact) mass is 398 g/mol. The zero-order chi connectivity index (χ0) is 20.8. The highest BCUT2D eigenvalue weighted by Crippen LogP contribution is 2.29. The van der Waals surface area contributed by atoms with Crippen LogP contribution in [0, 0.1) is 5.92 Å². The Morgan fingerprint density at radius 1 is 1.31 bits per heavy atom. The first kappa shape index (κ1) is 20.5. The van der Waals surface area contributed by atoms with E-state index in [0.717, 1.165) is 22.5 Å². The van der Waals surface area contributed by atoms with Gasteiger partial charge in [-0.05, 0) is 30.7 Å². The second-order valence-electron chi connectivity index (χ2n) is 6.82. The van der Waals surface area contributed by atoms with Crippen LogP contribution in [0.3, 0.4) is 0 Å². The fraction of sp³-hybridized carbons (Fsp3) is 0.400. The number of carbonyl (C=O) groups excluding carboxylic acids is 1. The molecule has 1 saturated heterocycles. The SMILES string of the molecule is CCC.COc1ccc(-c2nc(N3CCC(C(=O)NO)C3)nc3nc[nH]c23)cc1. The first-order valence-electron chi connectivity index (χ1n) is 9.65. The summed E-state index contributed by atoms with van der Waals surface area (Å²) in [5.41, 5.74) is 4.68. The lowest BCUT2D eigenvalue weighted by Gasteiger charge is -2.17. The van der Waals surface area contributed by atoms with Crippen LogP contribution in [-0.2, 0) is 4.79 Å². The van der Waals surface area contributed by atoms with Crippen molar-refractivity contribution in [3.8, 4) is 17.0 Å². The number of H-pyrrole nitrogens is 1. The molecule has 1 aromatic carbocycles. The van der Waals surface area contributed by atoms with Crippen molar-refractivity contribution >= 4 is 23.0 Å². The molecule has 3 aromatic rings. The summed E-state index contributed by atoms with van der Waals surface area (Å²) >= 11 is 0. The molecule has 4 rings (SSSR count). The molecule has 0 aliphatic carbocycles. The van der Waals surface area contributed by atoms with E-state index < -0.39 is 0 Å². The van der Waals surface area contributed by atoms with Crippen molar-refractivity contribution in [1.29, 1.82) is 0 Å². The van der Waals surface area contributed by atoms with Crippen molar-refractivity contribution in [2.75, 3.05) is 25.1 Å². The van der Waals surface area contributed by atoms with E-state index in [2.05, 4.69) is 28.8 Å². The third kappa shape index (κ3) is 4.45. The molecule has 0 radical (unpaired) electrons. The van der Waals surface area contributed by atoms with Crippen LogP contribution >= 0.6 is 0 Å². The van der Waals surface area contributed by atoms with Crippen LogP contribution < -0.4 is 15.1 Å². The number of hydrogen-bond donors (Lipinski definition) is 3. The maximum Gasteiger partial charge on any atom is 0.248 e. The number of aromatic amines is 1. The second kappa shape index (κ2) is 9.33. The zero-order valence-electron chi connectivity index (χ0n) is 16.8. The van der Waals surface area contributed by atoms with Gasteiger partial charge in [0.2, 0.25) is 11.9 Å². The molecule has 0 saturated carbocycles. The Bertz CT molecular complexity index is 957. The van der Waals surface area contributed by atoms with Crippen LogP contribution in [0.25, 0.3) is 22.4 Å². The van der Waals surface area contributed by atoms with Gasteiger partial charge >= 0.3 is 0 Å². The molecule has 154 valence electrons. The first-order valence-corrected chi connectivity index (χ1v) is 9.65. The van der Waals surface area contributed by atoms with E-state index in [4.69, 9.17) is 14.9 Å². The summed E-state index contributed by atoms with van der Waals surface area (Å²) in [6.45, 7) is 5.33. The molecule has 1 aliphatic rings. The molecule has 1 aliphatic heterocycles. The number of nitrogens with one attached hydrogen (secondary N) is 2. The highest BCUT2D eigenvalue weighted by atomic mass is 16.5. The first-order chi connectivity index (χ1) is 14.1. The van der Waals surface area contributed by atoms with Gasteiger partial charge in [-0.15, -0.1) is 0 Å². The van der Waals surface area contributed by atoms with Gasteiger partial charge in [-0.1, -0.05) is 20.3 Å². The Morgan fingerprint density at radius 3 is 2.69 bits per heavy atom.